The normalized spacial score (nSPS) is 10.9. The number of nitrogens with zero attached hydrogens (tertiary/aromatic N) is 4. The van der Waals surface area contributed by atoms with Crippen molar-refractivity contribution in [2.45, 2.75) is 46.2 Å². The van der Waals surface area contributed by atoms with Crippen molar-refractivity contribution in [1.82, 2.24) is 14.4 Å². The van der Waals surface area contributed by atoms with Crippen LogP contribution in [0, 0.1) is 10.1 Å². The lowest BCUT2D eigenvalue weighted by atomic mass is 10.1. The maximum Gasteiger partial charge on any atom is 0.270 e. The van der Waals surface area contributed by atoms with Crippen LogP contribution in [0.15, 0.2) is 36.5 Å². The Morgan fingerprint density at radius 1 is 1.26 bits per heavy atom. The van der Waals surface area contributed by atoms with Crippen LogP contribution in [0.5, 0.6) is 0 Å². The second-order valence-corrected chi connectivity index (χ2v) is 8.13. The van der Waals surface area contributed by atoms with E-state index in [1.54, 1.807) is 4.90 Å². The highest BCUT2D eigenvalue weighted by molar-refractivity contribution is 6.34. The topological polar surface area (TPSA) is 88.7 Å². The van der Waals surface area contributed by atoms with Crippen LogP contribution < -0.4 is 0 Å². The van der Waals surface area contributed by atoms with Crippen molar-refractivity contribution in [3.05, 3.63) is 62.9 Å². The molecule has 0 fully saturated rings. The third-order valence-corrected chi connectivity index (χ3v) is 5.43. The minimum atomic E-state index is -0.570. The number of nitro benzene ring substituents is 1. The van der Waals surface area contributed by atoms with Gasteiger partial charge in [-0.05, 0) is 38.5 Å². The van der Waals surface area contributed by atoms with Crippen LogP contribution in [0.2, 0.25) is 5.02 Å². The highest BCUT2D eigenvalue weighted by Gasteiger charge is 2.26. The molecule has 0 spiro atoms. The summed E-state index contributed by atoms with van der Waals surface area (Å²) >= 11 is 6.15. The molecule has 0 unspecified atom stereocenters. The summed E-state index contributed by atoms with van der Waals surface area (Å²) in [5.74, 6) is -0.590. The van der Waals surface area contributed by atoms with Crippen molar-refractivity contribution in [1.29, 1.82) is 0 Å². The average molecular weight is 449 g/mol. The number of benzene rings is 1. The van der Waals surface area contributed by atoms with Crippen molar-refractivity contribution >= 4 is 29.1 Å². The summed E-state index contributed by atoms with van der Waals surface area (Å²) in [6.45, 7) is 6.65. The largest absolute Gasteiger partial charge is 0.353 e. The molecule has 0 bridgehead atoms. The molecule has 0 aliphatic heterocycles. The van der Waals surface area contributed by atoms with Crippen LogP contribution in [-0.4, -0.2) is 50.2 Å². The van der Waals surface area contributed by atoms with Crippen LogP contribution in [0.4, 0.5) is 5.69 Å². The molecule has 0 saturated heterocycles. The number of halogens is 1. The third kappa shape index (κ3) is 6.30. The fourth-order valence-electron chi connectivity index (χ4n) is 3.18. The summed E-state index contributed by atoms with van der Waals surface area (Å²) in [5, 5.41) is 10.9. The average Bonchev–Trinajstić information content (AvgIpc) is 3.12. The van der Waals surface area contributed by atoms with Gasteiger partial charge < -0.3 is 14.4 Å². The maximum atomic E-state index is 13.2. The van der Waals surface area contributed by atoms with Crippen molar-refractivity contribution in [2.75, 3.05) is 13.1 Å². The van der Waals surface area contributed by atoms with Crippen LogP contribution in [0.3, 0.4) is 0 Å². The van der Waals surface area contributed by atoms with E-state index in [0.717, 1.165) is 24.6 Å². The number of hydrogen-bond acceptors (Lipinski definition) is 4. The van der Waals surface area contributed by atoms with Gasteiger partial charge in [0.2, 0.25) is 5.91 Å². The Hall–Kier alpha value is -2.87. The maximum absolute atomic E-state index is 13.2. The fraction of sp³-hybridized carbons (Fsp3) is 0.455. The molecule has 0 aliphatic carbocycles. The number of carbonyl (C=O) groups is 2. The number of unbranched alkanes of at least 4 members (excludes halogenated alkanes) is 1. The molecular weight excluding hydrogens is 420 g/mol. The number of amides is 2. The molecule has 2 amide bonds. The highest BCUT2D eigenvalue weighted by atomic mass is 35.5. The van der Waals surface area contributed by atoms with E-state index in [2.05, 4.69) is 6.92 Å². The van der Waals surface area contributed by atoms with E-state index in [0.29, 0.717) is 13.1 Å². The molecule has 1 aromatic heterocycles. The van der Waals surface area contributed by atoms with E-state index in [1.165, 1.54) is 17.0 Å². The Morgan fingerprint density at radius 3 is 2.48 bits per heavy atom. The predicted octanol–water partition coefficient (Wildman–Crippen LogP) is 4.27. The molecule has 31 heavy (non-hydrogen) atoms. The number of rotatable bonds is 10. The molecule has 0 saturated carbocycles. The van der Waals surface area contributed by atoms with Crippen LogP contribution in [-0.2, 0) is 18.4 Å². The zero-order valence-corrected chi connectivity index (χ0v) is 19.1. The summed E-state index contributed by atoms with van der Waals surface area (Å²) in [5.41, 5.74) is 0.948. The summed E-state index contributed by atoms with van der Waals surface area (Å²) < 4.78 is 1.97. The lowest BCUT2D eigenvalue weighted by molar-refractivity contribution is -0.384. The lowest BCUT2D eigenvalue weighted by Crippen LogP contribution is -2.46. The molecule has 9 heteroatoms. The summed E-state index contributed by atoms with van der Waals surface area (Å²) in [6.07, 6.45) is 3.74. The monoisotopic (exact) mass is 448 g/mol. The molecule has 168 valence electrons. The summed E-state index contributed by atoms with van der Waals surface area (Å²) in [4.78, 5) is 39.9. The zero-order chi connectivity index (χ0) is 23.1. The van der Waals surface area contributed by atoms with Gasteiger partial charge in [-0.25, -0.2) is 0 Å². The van der Waals surface area contributed by atoms with E-state index >= 15 is 0 Å². The molecule has 2 aromatic rings. The smallest absolute Gasteiger partial charge is 0.270 e. The van der Waals surface area contributed by atoms with Crippen molar-refractivity contribution in [3.8, 4) is 0 Å². The number of hydrogen-bond donors (Lipinski definition) is 0. The van der Waals surface area contributed by atoms with Gasteiger partial charge in [-0.3, -0.25) is 19.7 Å². The number of aromatic nitrogens is 1. The van der Waals surface area contributed by atoms with Gasteiger partial charge in [0, 0.05) is 43.7 Å². The number of carbonyl (C=O) groups excluding carboxylic acids is 2. The van der Waals surface area contributed by atoms with Gasteiger partial charge in [-0.2, -0.15) is 0 Å². The zero-order valence-electron chi connectivity index (χ0n) is 18.4. The molecule has 0 radical (unpaired) electrons. The highest BCUT2D eigenvalue weighted by Crippen LogP contribution is 2.24. The molecular formula is C22H29ClN4O4. The first kappa shape index (κ1) is 24.4. The van der Waals surface area contributed by atoms with E-state index in [-0.39, 0.29) is 34.8 Å². The van der Waals surface area contributed by atoms with E-state index < -0.39 is 10.8 Å². The standard InChI is InChI=1S/C22H29ClN4O4/c1-5-6-12-25(14-18-8-7-11-24(18)4)21(28)15-26(16(2)3)22(29)19-10-9-17(27(30)31)13-20(19)23/h7-11,13,16H,5-6,12,14-15H2,1-4H3. The Bertz CT molecular complexity index is 941. The first-order valence-electron chi connectivity index (χ1n) is 10.3. The third-order valence-electron chi connectivity index (χ3n) is 5.12. The van der Waals surface area contributed by atoms with Gasteiger partial charge in [-0.15, -0.1) is 0 Å². The molecule has 0 atom stereocenters. The summed E-state index contributed by atoms with van der Waals surface area (Å²) in [7, 11) is 1.93. The number of aryl methyl sites for hydroxylation is 1. The minimum absolute atomic E-state index is 0.0102. The van der Waals surface area contributed by atoms with Crippen LogP contribution in [0.1, 0.15) is 49.7 Å². The quantitative estimate of drug-likeness (QED) is 0.401. The van der Waals surface area contributed by atoms with Gasteiger partial charge >= 0.3 is 0 Å². The van der Waals surface area contributed by atoms with Gasteiger partial charge in [0.25, 0.3) is 11.6 Å². The first-order valence-corrected chi connectivity index (χ1v) is 10.7. The SMILES string of the molecule is CCCCN(Cc1cccn1C)C(=O)CN(C(=O)c1ccc([N+](=O)[O-])cc1Cl)C(C)C. The van der Waals surface area contributed by atoms with Gasteiger partial charge in [0.15, 0.2) is 0 Å². The van der Waals surface area contributed by atoms with Crippen LogP contribution >= 0.6 is 11.6 Å². The predicted molar refractivity (Wildman–Crippen MR) is 120 cm³/mol. The first-order chi connectivity index (χ1) is 14.6. The minimum Gasteiger partial charge on any atom is -0.353 e. The Balaban J connectivity index is 2.23. The van der Waals surface area contributed by atoms with Gasteiger partial charge in [0.1, 0.15) is 6.54 Å². The van der Waals surface area contributed by atoms with Crippen molar-refractivity contribution < 1.29 is 14.5 Å². The molecule has 0 aliphatic rings. The second kappa shape index (κ2) is 10.9. The van der Waals surface area contributed by atoms with E-state index in [9.17, 15) is 19.7 Å². The van der Waals surface area contributed by atoms with Crippen molar-refractivity contribution in [2.24, 2.45) is 7.05 Å². The van der Waals surface area contributed by atoms with Gasteiger partial charge in [-0.1, -0.05) is 24.9 Å². The lowest BCUT2D eigenvalue weighted by Gasteiger charge is -2.30. The van der Waals surface area contributed by atoms with E-state index in [1.807, 2.05) is 43.8 Å². The molecule has 1 heterocycles. The second-order valence-electron chi connectivity index (χ2n) is 7.73. The fourth-order valence-corrected chi connectivity index (χ4v) is 3.43. The van der Waals surface area contributed by atoms with Gasteiger partial charge in [0.05, 0.1) is 22.1 Å². The van der Waals surface area contributed by atoms with Crippen LogP contribution in [0.25, 0.3) is 0 Å². The summed E-state index contributed by atoms with van der Waals surface area (Å²) in [6, 6.07) is 7.36. The molecule has 0 N–H and O–H groups in total. The molecule has 8 nitrogen and oxygen atoms in total. The number of nitro groups is 1. The molecule has 2 rings (SSSR count). The molecule has 1 aromatic carbocycles. The van der Waals surface area contributed by atoms with E-state index in [4.69, 9.17) is 11.6 Å². The van der Waals surface area contributed by atoms with Crippen molar-refractivity contribution in [3.63, 3.8) is 0 Å². The Morgan fingerprint density at radius 2 is 1.97 bits per heavy atom. The Kier molecular flexibility index (Phi) is 8.62. The Labute approximate surface area is 187 Å². The number of non-ortho nitro benzene ring substituents is 1.